The molecule has 7 heteroatoms. The van der Waals surface area contributed by atoms with E-state index in [0.29, 0.717) is 35.0 Å². The molecule has 2 aromatic rings. The Balaban J connectivity index is 0.00000312. The van der Waals surface area contributed by atoms with Crippen LogP contribution in [0, 0.1) is 0 Å². The van der Waals surface area contributed by atoms with Crippen molar-refractivity contribution in [1.82, 2.24) is 0 Å². The number of halogens is 1. The molecule has 2 rings (SSSR count). The Morgan fingerprint density at radius 1 is 1.08 bits per heavy atom. The first-order chi connectivity index (χ1) is 11.5. The molecule has 0 unspecified atom stereocenters. The fourth-order valence-corrected chi connectivity index (χ4v) is 2.37. The maximum absolute atomic E-state index is 12.8. The van der Waals surface area contributed by atoms with Crippen molar-refractivity contribution in [3.05, 3.63) is 59.1 Å². The van der Waals surface area contributed by atoms with Gasteiger partial charge >= 0.3 is 35.5 Å². The van der Waals surface area contributed by atoms with Crippen molar-refractivity contribution in [2.75, 3.05) is 18.6 Å². The summed E-state index contributed by atoms with van der Waals surface area (Å²) in [6.45, 7) is 0.306. The third-order valence-corrected chi connectivity index (χ3v) is 3.74. The quantitative estimate of drug-likeness (QED) is 0.759. The van der Waals surface area contributed by atoms with Gasteiger partial charge in [-0.3, -0.25) is 9.59 Å². The molecule has 0 aliphatic rings. The number of carbonyl (C=O) groups is 2. The van der Waals surface area contributed by atoms with Crippen molar-refractivity contribution < 1.29 is 19.4 Å². The van der Waals surface area contributed by atoms with Crippen LogP contribution in [0.15, 0.2) is 48.5 Å². The predicted molar refractivity (Wildman–Crippen MR) is 100 cm³/mol. The number of rotatable bonds is 7. The Bertz CT molecular complexity index is 704. The van der Waals surface area contributed by atoms with E-state index < -0.39 is 5.97 Å². The summed E-state index contributed by atoms with van der Waals surface area (Å²) in [5.74, 6) is -0.408. The molecule has 0 aliphatic carbocycles. The SMILES string of the molecule is COc1ccc(N(CCCC(=O)O)C(=O)c2ccc(Cl)cc2)cc1.[NaH]. The van der Waals surface area contributed by atoms with Crippen LogP contribution in [0.2, 0.25) is 5.02 Å². The monoisotopic (exact) mass is 371 g/mol. The third kappa shape index (κ3) is 6.36. The van der Waals surface area contributed by atoms with E-state index in [4.69, 9.17) is 21.4 Å². The van der Waals surface area contributed by atoms with Gasteiger partial charge < -0.3 is 14.7 Å². The number of carboxylic acids is 1. The first-order valence-corrected chi connectivity index (χ1v) is 7.82. The van der Waals surface area contributed by atoms with Gasteiger partial charge in [-0.15, -0.1) is 0 Å². The zero-order valence-corrected chi connectivity index (χ0v) is 14.0. The van der Waals surface area contributed by atoms with E-state index in [9.17, 15) is 9.59 Å². The number of aliphatic carboxylic acids is 1. The van der Waals surface area contributed by atoms with Gasteiger partial charge in [0.25, 0.3) is 5.91 Å². The molecule has 0 atom stereocenters. The number of amides is 1. The number of nitrogens with zero attached hydrogens (tertiary/aromatic N) is 1. The van der Waals surface area contributed by atoms with Crippen molar-refractivity contribution in [3.63, 3.8) is 0 Å². The molecule has 0 saturated carbocycles. The number of ether oxygens (including phenoxy) is 1. The number of hydrogen-bond donors (Lipinski definition) is 1. The van der Waals surface area contributed by atoms with E-state index in [0.717, 1.165) is 0 Å². The molecule has 5 nitrogen and oxygen atoms in total. The van der Waals surface area contributed by atoms with E-state index in [2.05, 4.69) is 0 Å². The molecule has 0 aromatic heterocycles. The van der Waals surface area contributed by atoms with Gasteiger partial charge in [0.05, 0.1) is 7.11 Å². The fraction of sp³-hybridized carbons (Fsp3) is 0.222. The molecule has 1 amide bonds. The summed E-state index contributed by atoms with van der Waals surface area (Å²) in [5.41, 5.74) is 1.17. The fourth-order valence-electron chi connectivity index (χ4n) is 2.25. The molecule has 128 valence electrons. The van der Waals surface area contributed by atoms with Crippen LogP contribution in [0.25, 0.3) is 0 Å². The van der Waals surface area contributed by atoms with Gasteiger partial charge in [0.15, 0.2) is 0 Å². The van der Waals surface area contributed by atoms with Gasteiger partial charge in [0.1, 0.15) is 5.75 Å². The molecular formula is C18H19ClNNaO4. The van der Waals surface area contributed by atoms with Crippen LogP contribution in [0.4, 0.5) is 5.69 Å². The number of hydrogen-bond acceptors (Lipinski definition) is 3. The van der Waals surface area contributed by atoms with E-state index in [1.54, 1.807) is 60.5 Å². The molecule has 2 aromatic carbocycles. The normalized spacial score (nSPS) is 9.84. The second kappa shape index (κ2) is 10.5. The van der Waals surface area contributed by atoms with Gasteiger partial charge in [-0.25, -0.2) is 0 Å². The molecule has 0 heterocycles. The van der Waals surface area contributed by atoms with Crippen LogP contribution >= 0.6 is 11.6 Å². The predicted octanol–water partition coefficient (Wildman–Crippen LogP) is 3.21. The number of anilines is 1. The summed E-state index contributed by atoms with van der Waals surface area (Å²) >= 11 is 5.86. The maximum atomic E-state index is 12.8. The standard InChI is InChI=1S/C18H18ClNO4.Na.H/c1-24-16-10-8-15(9-11-16)20(12-2-3-17(21)22)18(23)13-4-6-14(19)7-5-13;;/h4-11H,2-3,12H2,1H3,(H,21,22);;. The van der Waals surface area contributed by atoms with Crippen LogP contribution in [0.1, 0.15) is 23.2 Å². The Morgan fingerprint density at radius 2 is 1.68 bits per heavy atom. The van der Waals surface area contributed by atoms with Crippen LogP contribution < -0.4 is 9.64 Å². The second-order valence-electron chi connectivity index (χ2n) is 5.16. The Labute approximate surface area is 173 Å². The molecule has 0 fully saturated rings. The van der Waals surface area contributed by atoms with Crippen molar-refractivity contribution in [2.45, 2.75) is 12.8 Å². The number of carbonyl (C=O) groups excluding carboxylic acids is 1. The zero-order valence-electron chi connectivity index (χ0n) is 13.2. The Hall–Kier alpha value is -1.53. The van der Waals surface area contributed by atoms with Crippen molar-refractivity contribution in [3.8, 4) is 5.75 Å². The van der Waals surface area contributed by atoms with E-state index in [-0.39, 0.29) is 41.9 Å². The first kappa shape index (κ1) is 21.5. The van der Waals surface area contributed by atoms with Crippen molar-refractivity contribution >= 4 is 58.7 Å². The van der Waals surface area contributed by atoms with Gasteiger partial charge in [-0.1, -0.05) is 11.6 Å². The van der Waals surface area contributed by atoms with E-state index in [1.807, 2.05) is 0 Å². The molecule has 1 N–H and O–H groups in total. The summed E-state index contributed by atoms with van der Waals surface area (Å²) in [6, 6.07) is 13.7. The molecule has 0 radical (unpaired) electrons. The van der Waals surface area contributed by atoms with Crippen LogP contribution in [0.5, 0.6) is 5.75 Å². The average Bonchev–Trinajstić information content (AvgIpc) is 2.59. The number of carboxylic acid groups (broad SMARTS) is 1. The Morgan fingerprint density at radius 3 is 2.20 bits per heavy atom. The molecule has 25 heavy (non-hydrogen) atoms. The van der Waals surface area contributed by atoms with Gasteiger partial charge in [0.2, 0.25) is 0 Å². The first-order valence-electron chi connectivity index (χ1n) is 7.44. The topological polar surface area (TPSA) is 66.8 Å². The van der Waals surface area contributed by atoms with E-state index in [1.165, 1.54) is 0 Å². The van der Waals surface area contributed by atoms with Gasteiger partial charge in [0, 0.05) is 29.2 Å². The second-order valence-corrected chi connectivity index (χ2v) is 5.60. The Kier molecular flexibility index (Phi) is 9.00. The zero-order chi connectivity index (χ0) is 17.5. The summed E-state index contributed by atoms with van der Waals surface area (Å²) in [6.07, 6.45) is 0.362. The molecule has 0 spiro atoms. The van der Waals surface area contributed by atoms with Crippen molar-refractivity contribution in [1.29, 1.82) is 0 Å². The summed E-state index contributed by atoms with van der Waals surface area (Å²) in [4.78, 5) is 25.1. The van der Waals surface area contributed by atoms with Crippen molar-refractivity contribution in [2.24, 2.45) is 0 Å². The molecule has 0 aliphatic heterocycles. The van der Waals surface area contributed by atoms with Crippen LogP contribution in [0.3, 0.4) is 0 Å². The van der Waals surface area contributed by atoms with Crippen LogP contribution in [-0.2, 0) is 4.79 Å². The summed E-state index contributed by atoms with van der Waals surface area (Å²) < 4.78 is 5.12. The van der Waals surface area contributed by atoms with Gasteiger partial charge in [-0.2, -0.15) is 0 Å². The van der Waals surface area contributed by atoms with Crippen LogP contribution in [-0.4, -0.2) is 60.2 Å². The number of methoxy groups -OCH3 is 1. The summed E-state index contributed by atoms with van der Waals surface area (Å²) in [5, 5.41) is 9.37. The third-order valence-electron chi connectivity index (χ3n) is 3.49. The molecular weight excluding hydrogens is 353 g/mol. The van der Waals surface area contributed by atoms with E-state index >= 15 is 0 Å². The minimum absolute atomic E-state index is 0. The average molecular weight is 372 g/mol. The molecule has 0 saturated heterocycles. The molecule has 0 bridgehead atoms. The minimum atomic E-state index is -0.886. The summed E-state index contributed by atoms with van der Waals surface area (Å²) in [7, 11) is 1.57. The van der Waals surface area contributed by atoms with Gasteiger partial charge in [-0.05, 0) is 55.0 Å². The number of benzene rings is 2.